The Hall–Kier alpha value is -2.73. The third-order valence-electron chi connectivity index (χ3n) is 4.16. The molecule has 1 amide bonds. The summed E-state index contributed by atoms with van der Waals surface area (Å²) in [6.07, 6.45) is 0. The molecule has 0 aromatic heterocycles. The number of hydrogen-bond donors (Lipinski definition) is 2. The number of carbonyl (C=O) groups is 2. The first kappa shape index (κ1) is 19.6. The lowest BCUT2D eigenvalue weighted by Gasteiger charge is -2.17. The van der Waals surface area contributed by atoms with E-state index in [9.17, 15) is 14.0 Å². The van der Waals surface area contributed by atoms with Crippen molar-refractivity contribution in [1.82, 2.24) is 0 Å². The maximum absolute atomic E-state index is 13.8. The Labute approximate surface area is 152 Å². The van der Waals surface area contributed by atoms with Crippen LogP contribution in [-0.4, -0.2) is 31.9 Å². The maximum Gasteiger partial charge on any atom is 0.279 e. The number of ether oxygens (including phenoxy) is 1. The van der Waals surface area contributed by atoms with Crippen molar-refractivity contribution in [2.45, 2.75) is 20.4 Å². The van der Waals surface area contributed by atoms with Crippen LogP contribution in [0.15, 0.2) is 42.5 Å². The van der Waals surface area contributed by atoms with Gasteiger partial charge in [-0.15, -0.1) is 0 Å². The average Bonchev–Trinajstić information content (AvgIpc) is 2.61. The standard InChI is InChI=1S/C20H23FN2O3/c1-4-23(12-15-5-10-19(26-3)18(21)11-15)13-20(25)22-17-8-6-16(7-9-17)14(2)24/h5-11H,4,12-13H2,1-3H3,(H,22,25)/p+1. The molecular formula is C20H24FN2O3+. The molecule has 0 heterocycles. The largest absolute Gasteiger partial charge is 0.494 e. The smallest absolute Gasteiger partial charge is 0.279 e. The van der Waals surface area contributed by atoms with Gasteiger partial charge in [-0.2, -0.15) is 0 Å². The van der Waals surface area contributed by atoms with E-state index in [1.54, 1.807) is 36.4 Å². The van der Waals surface area contributed by atoms with Crippen LogP contribution >= 0.6 is 0 Å². The number of ketones is 1. The zero-order valence-electron chi connectivity index (χ0n) is 15.3. The Balaban J connectivity index is 1.95. The van der Waals surface area contributed by atoms with E-state index >= 15 is 0 Å². The first-order valence-corrected chi connectivity index (χ1v) is 8.49. The molecule has 0 aliphatic heterocycles. The van der Waals surface area contributed by atoms with Crippen molar-refractivity contribution in [3.05, 3.63) is 59.4 Å². The van der Waals surface area contributed by atoms with E-state index in [-0.39, 0.29) is 24.0 Å². The van der Waals surface area contributed by atoms with E-state index in [2.05, 4.69) is 5.32 Å². The van der Waals surface area contributed by atoms with Gasteiger partial charge in [0, 0.05) is 16.8 Å². The van der Waals surface area contributed by atoms with Crippen LogP contribution in [0.1, 0.15) is 29.8 Å². The molecular weight excluding hydrogens is 335 g/mol. The highest BCUT2D eigenvalue weighted by atomic mass is 19.1. The number of carbonyl (C=O) groups excluding carboxylic acids is 2. The predicted molar refractivity (Wildman–Crippen MR) is 98.1 cm³/mol. The van der Waals surface area contributed by atoms with Crippen LogP contribution in [0.3, 0.4) is 0 Å². The quantitative estimate of drug-likeness (QED) is 0.710. The van der Waals surface area contributed by atoms with Gasteiger partial charge in [0.15, 0.2) is 23.9 Å². The number of likely N-dealkylation sites (N-methyl/N-ethyl adjacent to an activating group) is 1. The molecule has 2 aromatic carbocycles. The fourth-order valence-electron chi connectivity index (χ4n) is 2.64. The molecule has 2 rings (SSSR count). The second-order valence-corrected chi connectivity index (χ2v) is 6.11. The molecule has 0 aliphatic rings. The summed E-state index contributed by atoms with van der Waals surface area (Å²) in [5, 5.41) is 2.82. The first-order chi connectivity index (χ1) is 12.4. The van der Waals surface area contributed by atoms with Gasteiger partial charge in [-0.1, -0.05) is 0 Å². The zero-order valence-corrected chi connectivity index (χ0v) is 15.3. The molecule has 0 radical (unpaired) electrons. The number of Topliss-reactive ketones (excluding diaryl/α,β-unsaturated/α-hetero) is 1. The second-order valence-electron chi connectivity index (χ2n) is 6.11. The van der Waals surface area contributed by atoms with Crippen molar-refractivity contribution in [3.63, 3.8) is 0 Å². The van der Waals surface area contributed by atoms with Gasteiger partial charge < -0.3 is 15.0 Å². The summed E-state index contributed by atoms with van der Waals surface area (Å²) in [5.74, 6) is -0.350. The predicted octanol–water partition coefficient (Wildman–Crippen LogP) is 2.08. The molecule has 0 aliphatic carbocycles. The topological polar surface area (TPSA) is 59.8 Å². The summed E-state index contributed by atoms with van der Waals surface area (Å²) < 4.78 is 18.7. The molecule has 2 aromatic rings. The van der Waals surface area contributed by atoms with Gasteiger partial charge in [0.1, 0.15) is 6.54 Å². The van der Waals surface area contributed by atoms with E-state index in [0.29, 0.717) is 17.8 Å². The second kappa shape index (κ2) is 9.10. The van der Waals surface area contributed by atoms with Gasteiger partial charge in [0.2, 0.25) is 0 Å². The third kappa shape index (κ3) is 5.39. The lowest BCUT2D eigenvalue weighted by Crippen LogP contribution is -3.11. The minimum atomic E-state index is -0.407. The van der Waals surface area contributed by atoms with Gasteiger partial charge >= 0.3 is 0 Å². The molecule has 0 spiro atoms. The maximum atomic E-state index is 13.8. The van der Waals surface area contributed by atoms with E-state index in [0.717, 1.165) is 17.0 Å². The lowest BCUT2D eigenvalue weighted by molar-refractivity contribution is -0.903. The molecule has 0 bridgehead atoms. The number of hydrogen-bond acceptors (Lipinski definition) is 3. The van der Waals surface area contributed by atoms with Crippen LogP contribution in [0.25, 0.3) is 0 Å². The normalized spacial score (nSPS) is 11.7. The van der Waals surface area contributed by atoms with Crippen LogP contribution in [0, 0.1) is 5.82 Å². The Morgan fingerprint density at radius 3 is 2.38 bits per heavy atom. The van der Waals surface area contributed by atoms with E-state index in [1.807, 2.05) is 6.92 Å². The highest BCUT2D eigenvalue weighted by Gasteiger charge is 2.15. The number of nitrogens with one attached hydrogen (secondary N) is 2. The first-order valence-electron chi connectivity index (χ1n) is 8.49. The minimum absolute atomic E-state index is 0.0174. The molecule has 26 heavy (non-hydrogen) atoms. The summed E-state index contributed by atoms with van der Waals surface area (Å²) in [7, 11) is 1.43. The highest BCUT2D eigenvalue weighted by molar-refractivity contribution is 5.95. The Bertz CT molecular complexity index is 775. The van der Waals surface area contributed by atoms with Gasteiger partial charge in [-0.05, 0) is 56.3 Å². The molecule has 1 unspecified atom stereocenters. The molecule has 0 saturated carbocycles. The highest BCUT2D eigenvalue weighted by Crippen LogP contribution is 2.17. The lowest BCUT2D eigenvalue weighted by atomic mass is 10.1. The van der Waals surface area contributed by atoms with Crippen molar-refractivity contribution in [2.75, 3.05) is 25.5 Å². The van der Waals surface area contributed by atoms with Crippen molar-refractivity contribution < 1.29 is 23.6 Å². The van der Waals surface area contributed by atoms with Gasteiger partial charge in [-0.25, -0.2) is 4.39 Å². The Morgan fingerprint density at radius 1 is 1.15 bits per heavy atom. The minimum Gasteiger partial charge on any atom is -0.494 e. The SMILES string of the molecule is CC[NH+](CC(=O)Nc1ccc(C(C)=O)cc1)Cc1ccc(OC)c(F)c1. The summed E-state index contributed by atoms with van der Waals surface area (Å²) >= 11 is 0. The van der Waals surface area contributed by atoms with Gasteiger partial charge in [0.25, 0.3) is 5.91 Å². The molecule has 6 heteroatoms. The fourth-order valence-corrected chi connectivity index (χ4v) is 2.64. The summed E-state index contributed by atoms with van der Waals surface area (Å²) in [5.41, 5.74) is 2.05. The fraction of sp³-hybridized carbons (Fsp3) is 0.300. The number of quaternary nitrogens is 1. The number of rotatable bonds is 8. The molecule has 5 nitrogen and oxygen atoms in total. The van der Waals surface area contributed by atoms with Gasteiger partial charge in [-0.3, -0.25) is 9.59 Å². The summed E-state index contributed by atoms with van der Waals surface area (Å²) in [6.45, 7) is 5.00. The number of methoxy groups -OCH3 is 1. The van der Waals surface area contributed by atoms with Crippen LogP contribution in [-0.2, 0) is 11.3 Å². The van der Waals surface area contributed by atoms with E-state index in [1.165, 1.54) is 20.1 Å². The third-order valence-corrected chi connectivity index (χ3v) is 4.16. The Kier molecular flexibility index (Phi) is 6.86. The van der Waals surface area contributed by atoms with Crippen LogP contribution in [0.4, 0.5) is 10.1 Å². The molecule has 1 atom stereocenters. The van der Waals surface area contributed by atoms with Crippen molar-refractivity contribution in [1.29, 1.82) is 0 Å². The Morgan fingerprint density at radius 2 is 1.85 bits per heavy atom. The number of benzene rings is 2. The van der Waals surface area contributed by atoms with Crippen LogP contribution in [0.2, 0.25) is 0 Å². The number of amides is 1. The summed E-state index contributed by atoms with van der Waals surface area (Å²) in [6, 6.07) is 11.6. The zero-order chi connectivity index (χ0) is 19.1. The van der Waals surface area contributed by atoms with Crippen molar-refractivity contribution >= 4 is 17.4 Å². The molecule has 138 valence electrons. The summed E-state index contributed by atoms with van der Waals surface area (Å²) in [4.78, 5) is 24.5. The van der Waals surface area contributed by atoms with Gasteiger partial charge in [0.05, 0.1) is 13.7 Å². The van der Waals surface area contributed by atoms with Crippen LogP contribution in [0.5, 0.6) is 5.75 Å². The molecule has 2 N–H and O–H groups in total. The van der Waals surface area contributed by atoms with E-state index < -0.39 is 5.82 Å². The van der Waals surface area contributed by atoms with E-state index in [4.69, 9.17) is 4.74 Å². The van der Waals surface area contributed by atoms with Crippen molar-refractivity contribution in [3.8, 4) is 5.75 Å². The van der Waals surface area contributed by atoms with Crippen molar-refractivity contribution in [2.24, 2.45) is 0 Å². The van der Waals surface area contributed by atoms with Crippen LogP contribution < -0.4 is 15.0 Å². The monoisotopic (exact) mass is 359 g/mol. The number of anilines is 1. The molecule has 0 fully saturated rings. The molecule has 0 saturated heterocycles. The average molecular weight is 359 g/mol. The number of halogens is 1.